The van der Waals surface area contributed by atoms with Crippen LogP contribution in [0.15, 0.2) is 0 Å². The highest BCUT2D eigenvalue weighted by molar-refractivity contribution is 5.80. The van der Waals surface area contributed by atoms with Crippen LogP contribution in [0.1, 0.15) is 26.7 Å². The predicted molar refractivity (Wildman–Crippen MR) is 61.7 cm³/mol. The number of carboxylic acid groups (broad SMARTS) is 1. The molecule has 0 bridgehead atoms. The van der Waals surface area contributed by atoms with E-state index in [1.165, 1.54) is 9.80 Å². The van der Waals surface area contributed by atoms with Gasteiger partial charge in [-0.25, -0.2) is 4.79 Å². The van der Waals surface area contributed by atoms with Crippen molar-refractivity contribution in [2.45, 2.75) is 38.3 Å². The van der Waals surface area contributed by atoms with Crippen LogP contribution in [0.2, 0.25) is 0 Å². The van der Waals surface area contributed by atoms with Crippen molar-refractivity contribution >= 4 is 12.0 Å². The number of amides is 2. The number of rotatable bonds is 5. The van der Waals surface area contributed by atoms with Crippen molar-refractivity contribution in [1.29, 1.82) is 0 Å². The summed E-state index contributed by atoms with van der Waals surface area (Å²) < 4.78 is 0. The van der Waals surface area contributed by atoms with Gasteiger partial charge < -0.3 is 20.0 Å². The molecule has 1 aliphatic rings. The first-order valence-electron chi connectivity index (χ1n) is 5.66. The minimum Gasteiger partial charge on any atom is -0.480 e. The first-order chi connectivity index (χ1) is 7.70. The highest BCUT2D eigenvalue weighted by Gasteiger charge is 2.36. The van der Waals surface area contributed by atoms with Gasteiger partial charge in [0.25, 0.3) is 0 Å². The Hall–Kier alpha value is -1.30. The minimum atomic E-state index is -1.01. The maximum absolute atomic E-state index is 12.0. The van der Waals surface area contributed by atoms with Crippen molar-refractivity contribution in [1.82, 2.24) is 9.80 Å². The van der Waals surface area contributed by atoms with E-state index in [0.29, 0.717) is 0 Å². The van der Waals surface area contributed by atoms with Gasteiger partial charge in [-0.2, -0.15) is 0 Å². The minimum absolute atomic E-state index is 0.0443. The van der Waals surface area contributed by atoms with Gasteiger partial charge in [-0.15, -0.1) is 0 Å². The number of likely N-dealkylation sites (N-methyl/N-ethyl adjacent to an activating group) is 1. The van der Waals surface area contributed by atoms with Crippen LogP contribution in [0.25, 0.3) is 0 Å². The molecule has 0 aromatic carbocycles. The zero-order valence-corrected chi connectivity index (χ0v) is 10.5. The van der Waals surface area contributed by atoms with Gasteiger partial charge in [-0.3, -0.25) is 4.79 Å². The highest BCUT2D eigenvalue weighted by atomic mass is 16.4. The highest BCUT2D eigenvalue weighted by Crippen LogP contribution is 2.27. The fourth-order valence-corrected chi connectivity index (χ4v) is 1.75. The molecule has 2 amide bonds. The Morgan fingerprint density at radius 1 is 1.35 bits per heavy atom. The molecule has 17 heavy (non-hydrogen) atoms. The molecule has 0 unspecified atom stereocenters. The molecule has 0 spiro atoms. The van der Waals surface area contributed by atoms with E-state index in [1.807, 2.05) is 0 Å². The molecule has 2 N–H and O–H groups in total. The summed E-state index contributed by atoms with van der Waals surface area (Å²) in [6.07, 6.45) is 1.71. The van der Waals surface area contributed by atoms with Crippen LogP contribution in [0.5, 0.6) is 0 Å². The number of carbonyl (C=O) groups is 2. The van der Waals surface area contributed by atoms with E-state index in [4.69, 9.17) is 5.11 Å². The first-order valence-corrected chi connectivity index (χ1v) is 5.66. The lowest BCUT2D eigenvalue weighted by atomic mass is 10.1. The molecule has 0 radical (unpaired) electrons. The van der Waals surface area contributed by atoms with E-state index in [2.05, 4.69) is 0 Å². The van der Waals surface area contributed by atoms with Crippen LogP contribution < -0.4 is 0 Å². The van der Waals surface area contributed by atoms with Crippen molar-refractivity contribution in [3.8, 4) is 0 Å². The molecule has 0 heterocycles. The topological polar surface area (TPSA) is 81.1 Å². The second-order valence-corrected chi connectivity index (χ2v) is 5.20. The Labute approximate surface area is 101 Å². The molecule has 0 saturated heterocycles. The van der Waals surface area contributed by atoms with Crippen LogP contribution in [0, 0.1) is 0 Å². The number of nitrogens with zero attached hydrogens (tertiary/aromatic N) is 2. The monoisotopic (exact) mass is 244 g/mol. The molecule has 6 heteroatoms. The summed E-state index contributed by atoms with van der Waals surface area (Å²) >= 11 is 0. The maximum Gasteiger partial charge on any atom is 0.323 e. The zero-order chi connectivity index (χ0) is 13.2. The fraction of sp³-hybridized carbons (Fsp3) is 0.818. The normalized spacial score (nSPS) is 15.5. The van der Waals surface area contributed by atoms with E-state index in [9.17, 15) is 14.7 Å². The van der Waals surface area contributed by atoms with Gasteiger partial charge in [0.05, 0.1) is 12.1 Å². The Morgan fingerprint density at radius 2 is 1.88 bits per heavy atom. The summed E-state index contributed by atoms with van der Waals surface area (Å²) in [6.45, 7) is 3.11. The van der Waals surface area contributed by atoms with Crippen LogP contribution in [-0.4, -0.2) is 63.8 Å². The lowest BCUT2D eigenvalue weighted by Crippen LogP contribution is -2.48. The fourth-order valence-electron chi connectivity index (χ4n) is 1.75. The number of carboxylic acids is 1. The average Bonchev–Trinajstić information content (AvgIpc) is 2.93. The van der Waals surface area contributed by atoms with Crippen molar-refractivity contribution in [3.05, 3.63) is 0 Å². The molecule has 0 aliphatic heterocycles. The maximum atomic E-state index is 12.0. The molecular formula is C11H20N2O4. The van der Waals surface area contributed by atoms with Crippen molar-refractivity contribution in [2.24, 2.45) is 0 Å². The second kappa shape index (κ2) is 4.91. The largest absolute Gasteiger partial charge is 0.480 e. The van der Waals surface area contributed by atoms with Crippen molar-refractivity contribution < 1.29 is 19.8 Å². The van der Waals surface area contributed by atoms with Gasteiger partial charge in [0.15, 0.2) is 0 Å². The molecule has 0 aromatic heterocycles. The Bertz CT molecular complexity index is 307. The van der Waals surface area contributed by atoms with Crippen molar-refractivity contribution in [3.63, 3.8) is 0 Å². The zero-order valence-electron chi connectivity index (χ0n) is 10.5. The van der Waals surface area contributed by atoms with E-state index in [1.54, 1.807) is 20.9 Å². The summed E-state index contributed by atoms with van der Waals surface area (Å²) in [4.78, 5) is 25.4. The third-order valence-electron chi connectivity index (χ3n) is 2.49. The molecule has 0 aromatic rings. The van der Waals surface area contributed by atoms with E-state index in [-0.39, 0.29) is 25.2 Å². The molecular weight excluding hydrogens is 224 g/mol. The predicted octanol–water partition coefficient (Wildman–Crippen LogP) is 0.358. The summed E-state index contributed by atoms with van der Waals surface area (Å²) in [7, 11) is 1.57. The van der Waals surface area contributed by atoms with E-state index in [0.717, 1.165) is 12.8 Å². The smallest absolute Gasteiger partial charge is 0.323 e. The number of hydrogen-bond acceptors (Lipinski definition) is 3. The number of urea groups is 1. The molecule has 1 fully saturated rings. The number of aliphatic hydroxyl groups is 1. The lowest BCUT2D eigenvalue weighted by molar-refractivity contribution is -0.137. The van der Waals surface area contributed by atoms with Gasteiger partial charge in [0.2, 0.25) is 0 Å². The lowest BCUT2D eigenvalue weighted by Gasteiger charge is -2.30. The summed E-state index contributed by atoms with van der Waals surface area (Å²) in [5, 5.41) is 18.4. The first kappa shape index (κ1) is 13.8. The molecule has 98 valence electrons. The summed E-state index contributed by atoms with van der Waals surface area (Å²) in [5.41, 5.74) is -0.983. The number of aliphatic carboxylic acids is 1. The van der Waals surface area contributed by atoms with Gasteiger partial charge in [0.1, 0.15) is 6.54 Å². The van der Waals surface area contributed by atoms with Crippen LogP contribution in [0.4, 0.5) is 4.79 Å². The van der Waals surface area contributed by atoms with Gasteiger partial charge in [0, 0.05) is 13.1 Å². The molecule has 6 nitrogen and oxygen atoms in total. The standard InChI is InChI=1S/C11H20N2O4/c1-11(2,17)7-12(3)10(16)13(6-9(14)15)8-4-5-8/h8,17H,4-7H2,1-3H3,(H,14,15). The number of hydrogen-bond donors (Lipinski definition) is 2. The Morgan fingerprint density at radius 3 is 2.24 bits per heavy atom. The van der Waals surface area contributed by atoms with Crippen LogP contribution in [-0.2, 0) is 4.79 Å². The molecule has 1 rings (SSSR count). The van der Waals surface area contributed by atoms with Crippen LogP contribution in [0.3, 0.4) is 0 Å². The number of carbonyl (C=O) groups excluding carboxylic acids is 1. The molecule has 0 atom stereocenters. The Balaban J connectivity index is 2.61. The SMILES string of the molecule is CN(CC(C)(C)O)C(=O)N(CC(=O)O)C1CC1. The summed E-state index contributed by atoms with van der Waals surface area (Å²) in [6, 6.07) is -0.292. The molecule has 1 aliphatic carbocycles. The van der Waals surface area contributed by atoms with Gasteiger partial charge in [-0.05, 0) is 26.7 Å². The van der Waals surface area contributed by atoms with Crippen LogP contribution >= 0.6 is 0 Å². The molecule has 1 saturated carbocycles. The third-order valence-corrected chi connectivity index (χ3v) is 2.49. The van der Waals surface area contributed by atoms with Crippen molar-refractivity contribution in [2.75, 3.05) is 20.1 Å². The van der Waals surface area contributed by atoms with E-state index < -0.39 is 11.6 Å². The van der Waals surface area contributed by atoms with E-state index >= 15 is 0 Å². The summed E-state index contributed by atoms with van der Waals surface area (Å²) in [5.74, 6) is -1.01. The Kier molecular flexibility index (Phi) is 3.98. The van der Waals surface area contributed by atoms with Gasteiger partial charge >= 0.3 is 12.0 Å². The second-order valence-electron chi connectivity index (χ2n) is 5.20. The average molecular weight is 244 g/mol. The third kappa shape index (κ3) is 4.60. The quantitative estimate of drug-likeness (QED) is 0.731. The van der Waals surface area contributed by atoms with Gasteiger partial charge in [-0.1, -0.05) is 0 Å².